The predicted octanol–water partition coefficient (Wildman–Crippen LogP) is 3.76. The molecule has 0 saturated heterocycles. The highest BCUT2D eigenvalue weighted by atomic mass is 28.4. The van der Waals surface area contributed by atoms with Crippen LogP contribution in [0.4, 0.5) is 0 Å². The molecule has 0 N–H and O–H groups in total. The second-order valence-corrected chi connectivity index (χ2v) is 11.0. The Hall–Kier alpha value is -0.613. The summed E-state index contributed by atoms with van der Waals surface area (Å²) in [6, 6.07) is 0. The molecule has 4 heteroatoms. The van der Waals surface area contributed by atoms with Crippen LogP contribution >= 0.6 is 0 Å². The van der Waals surface area contributed by atoms with Gasteiger partial charge in [-0.25, -0.2) is 0 Å². The van der Waals surface area contributed by atoms with E-state index in [2.05, 4.69) is 38.6 Å². The number of esters is 1. The maximum absolute atomic E-state index is 11.3. The average molecular weight is 272 g/mol. The SMILES string of the molecule is COC(=O)[C@@H](C)/C=C/[C@@H](C)O[Si](C)(C)C(C)(C)C. The van der Waals surface area contributed by atoms with Crippen LogP contribution in [-0.2, 0) is 14.0 Å². The zero-order valence-corrected chi connectivity index (χ0v) is 14.0. The van der Waals surface area contributed by atoms with Gasteiger partial charge in [0.15, 0.2) is 8.32 Å². The average Bonchev–Trinajstić information content (AvgIpc) is 2.22. The Morgan fingerprint density at radius 2 is 1.67 bits per heavy atom. The number of carbonyl (C=O) groups excluding carboxylic acids is 1. The number of rotatable bonds is 5. The molecule has 0 spiro atoms. The molecule has 3 nitrogen and oxygen atoms in total. The molecule has 0 aromatic heterocycles. The van der Waals surface area contributed by atoms with Crippen molar-refractivity contribution in [1.29, 1.82) is 0 Å². The highest BCUT2D eigenvalue weighted by Crippen LogP contribution is 2.37. The second kappa shape index (κ2) is 6.52. The maximum atomic E-state index is 11.3. The molecule has 0 heterocycles. The quantitative estimate of drug-likeness (QED) is 0.434. The van der Waals surface area contributed by atoms with Crippen molar-refractivity contribution in [1.82, 2.24) is 0 Å². The van der Waals surface area contributed by atoms with E-state index < -0.39 is 8.32 Å². The molecule has 0 radical (unpaired) electrons. The largest absolute Gasteiger partial charge is 0.469 e. The molecule has 0 saturated carbocycles. The van der Waals surface area contributed by atoms with Gasteiger partial charge in [0.1, 0.15) is 0 Å². The first-order valence-electron chi connectivity index (χ1n) is 6.45. The van der Waals surface area contributed by atoms with E-state index in [1.807, 2.05) is 26.0 Å². The summed E-state index contributed by atoms with van der Waals surface area (Å²) in [5.74, 6) is -0.439. The predicted molar refractivity (Wildman–Crippen MR) is 78.1 cm³/mol. The van der Waals surface area contributed by atoms with Crippen LogP contribution in [0.25, 0.3) is 0 Å². The molecule has 2 atom stereocenters. The number of carbonyl (C=O) groups is 1. The van der Waals surface area contributed by atoms with Gasteiger partial charge in [-0.15, -0.1) is 0 Å². The Labute approximate surface area is 113 Å². The van der Waals surface area contributed by atoms with Crippen molar-refractivity contribution in [3.8, 4) is 0 Å². The van der Waals surface area contributed by atoms with Gasteiger partial charge in [0.05, 0.1) is 19.1 Å². The zero-order valence-electron chi connectivity index (χ0n) is 13.0. The fourth-order valence-electron chi connectivity index (χ4n) is 1.27. The van der Waals surface area contributed by atoms with Crippen molar-refractivity contribution in [2.75, 3.05) is 7.11 Å². The van der Waals surface area contributed by atoms with Gasteiger partial charge in [-0.2, -0.15) is 0 Å². The van der Waals surface area contributed by atoms with E-state index in [0.29, 0.717) is 0 Å². The third kappa shape index (κ3) is 5.36. The number of hydrogen-bond donors (Lipinski definition) is 0. The Kier molecular flexibility index (Phi) is 6.30. The minimum Gasteiger partial charge on any atom is -0.469 e. The molecule has 0 aliphatic carbocycles. The summed E-state index contributed by atoms with van der Waals surface area (Å²) in [7, 11) is -0.338. The fourth-order valence-corrected chi connectivity index (χ4v) is 2.63. The minimum atomic E-state index is -1.74. The topological polar surface area (TPSA) is 35.5 Å². The van der Waals surface area contributed by atoms with E-state index in [1.54, 1.807) is 0 Å². The molecule has 18 heavy (non-hydrogen) atoms. The summed E-state index contributed by atoms with van der Waals surface area (Å²) in [6.45, 7) is 14.9. The van der Waals surface area contributed by atoms with Crippen LogP contribution in [0.2, 0.25) is 18.1 Å². The van der Waals surface area contributed by atoms with Gasteiger partial charge in [-0.1, -0.05) is 32.9 Å². The van der Waals surface area contributed by atoms with Gasteiger partial charge in [0.2, 0.25) is 0 Å². The Bertz CT molecular complexity index is 303. The molecule has 106 valence electrons. The lowest BCUT2D eigenvalue weighted by Gasteiger charge is -2.37. The summed E-state index contributed by atoms with van der Waals surface area (Å²) in [6.07, 6.45) is 3.82. The van der Waals surface area contributed by atoms with E-state index in [0.717, 1.165) is 0 Å². The van der Waals surface area contributed by atoms with E-state index in [1.165, 1.54) is 7.11 Å². The van der Waals surface area contributed by atoms with E-state index in [-0.39, 0.29) is 23.0 Å². The molecular weight excluding hydrogens is 244 g/mol. The molecular formula is C14H28O3Si. The maximum Gasteiger partial charge on any atom is 0.312 e. The molecule has 0 bridgehead atoms. The number of hydrogen-bond acceptors (Lipinski definition) is 3. The smallest absolute Gasteiger partial charge is 0.312 e. The van der Waals surface area contributed by atoms with Crippen molar-refractivity contribution in [3.63, 3.8) is 0 Å². The second-order valence-electron chi connectivity index (χ2n) is 6.28. The number of ether oxygens (including phenoxy) is 1. The first-order valence-corrected chi connectivity index (χ1v) is 9.36. The lowest BCUT2D eigenvalue weighted by atomic mass is 10.1. The number of methoxy groups -OCH3 is 1. The zero-order chi connectivity index (χ0) is 14.6. The van der Waals surface area contributed by atoms with Crippen molar-refractivity contribution in [2.45, 2.75) is 58.9 Å². The monoisotopic (exact) mass is 272 g/mol. The van der Waals surface area contributed by atoms with Gasteiger partial charge < -0.3 is 9.16 Å². The van der Waals surface area contributed by atoms with Crippen LogP contribution in [-0.4, -0.2) is 27.5 Å². The summed E-state index contributed by atoms with van der Waals surface area (Å²) in [4.78, 5) is 11.3. The van der Waals surface area contributed by atoms with Crippen molar-refractivity contribution in [3.05, 3.63) is 12.2 Å². The summed E-state index contributed by atoms with van der Waals surface area (Å²) in [5, 5.41) is 0.197. The Morgan fingerprint density at radius 1 is 1.17 bits per heavy atom. The molecule has 0 fully saturated rings. The van der Waals surface area contributed by atoms with Crippen molar-refractivity contribution in [2.24, 2.45) is 5.92 Å². The summed E-state index contributed by atoms with van der Waals surface area (Å²) < 4.78 is 10.8. The first kappa shape index (κ1) is 17.4. The molecule has 0 aromatic rings. The lowest BCUT2D eigenvalue weighted by molar-refractivity contribution is -0.143. The van der Waals surface area contributed by atoms with Crippen molar-refractivity contribution >= 4 is 14.3 Å². The fraction of sp³-hybridized carbons (Fsp3) is 0.786. The molecule has 0 aromatic carbocycles. The summed E-state index contributed by atoms with van der Waals surface area (Å²) >= 11 is 0. The lowest BCUT2D eigenvalue weighted by Crippen LogP contribution is -2.42. The molecule has 0 aliphatic rings. The van der Waals surface area contributed by atoms with Crippen LogP contribution in [0.5, 0.6) is 0 Å². The Morgan fingerprint density at radius 3 is 2.06 bits per heavy atom. The van der Waals surface area contributed by atoms with Gasteiger partial charge >= 0.3 is 5.97 Å². The van der Waals surface area contributed by atoms with Gasteiger partial charge in [-0.05, 0) is 32.0 Å². The highest BCUT2D eigenvalue weighted by molar-refractivity contribution is 6.74. The summed E-state index contributed by atoms with van der Waals surface area (Å²) in [5.41, 5.74) is 0. The molecule has 0 rings (SSSR count). The van der Waals surface area contributed by atoms with Crippen LogP contribution in [0.1, 0.15) is 34.6 Å². The third-order valence-electron chi connectivity index (χ3n) is 3.53. The Balaban J connectivity index is 4.48. The minimum absolute atomic E-state index is 0.0259. The van der Waals surface area contributed by atoms with E-state index in [4.69, 9.17) is 4.43 Å². The van der Waals surface area contributed by atoms with Crippen LogP contribution in [0.3, 0.4) is 0 Å². The van der Waals surface area contributed by atoms with Gasteiger partial charge in [0.25, 0.3) is 0 Å². The molecule has 0 unspecified atom stereocenters. The molecule has 0 amide bonds. The van der Waals surface area contributed by atoms with E-state index in [9.17, 15) is 4.79 Å². The van der Waals surface area contributed by atoms with Crippen LogP contribution in [0.15, 0.2) is 12.2 Å². The molecule has 0 aliphatic heterocycles. The first-order chi connectivity index (χ1) is 8.01. The third-order valence-corrected chi connectivity index (χ3v) is 8.10. The standard InChI is InChI=1S/C14H28O3Si/c1-11(13(15)16-6)9-10-12(2)17-18(7,8)14(3,4)5/h9-12H,1-8H3/b10-9+/t11-,12+/m0/s1. The highest BCUT2D eigenvalue weighted by Gasteiger charge is 2.38. The van der Waals surface area contributed by atoms with Crippen LogP contribution < -0.4 is 0 Å². The van der Waals surface area contributed by atoms with Crippen molar-refractivity contribution < 1.29 is 14.0 Å². The van der Waals surface area contributed by atoms with Gasteiger partial charge in [-0.3, -0.25) is 4.79 Å². The van der Waals surface area contributed by atoms with Crippen LogP contribution in [0, 0.1) is 5.92 Å². The van der Waals surface area contributed by atoms with Gasteiger partial charge in [0, 0.05) is 0 Å². The van der Waals surface area contributed by atoms with E-state index >= 15 is 0 Å². The normalized spacial score (nSPS) is 16.7.